The SMILES string of the molecule is CC[C@@H](OC(=O)[C@H]1CC(=O)N(NC(=O)c2ccccc2)C1)C(=O)c1ccccc1. The van der Waals surface area contributed by atoms with Gasteiger partial charge in [0.15, 0.2) is 6.10 Å². The van der Waals surface area contributed by atoms with Crippen LogP contribution in [0.3, 0.4) is 0 Å². The molecule has 29 heavy (non-hydrogen) atoms. The lowest BCUT2D eigenvalue weighted by Crippen LogP contribution is -2.43. The van der Waals surface area contributed by atoms with Crippen molar-refractivity contribution in [1.29, 1.82) is 0 Å². The molecule has 1 fully saturated rings. The number of carbonyl (C=O) groups excluding carboxylic acids is 4. The third-order valence-corrected chi connectivity index (χ3v) is 4.71. The van der Waals surface area contributed by atoms with E-state index in [2.05, 4.69) is 5.43 Å². The van der Waals surface area contributed by atoms with Crippen molar-refractivity contribution in [3.05, 3.63) is 71.8 Å². The summed E-state index contributed by atoms with van der Waals surface area (Å²) in [5.41, 5.74) is 3.39. The van der Waals surface area contributed by atoms with Gasteiger partial charge in [0.2, 0.25) is 11.7 Å². The fourth-order valence-electron chi connectivity index (χ4n) is 3.10. The molecule has 1 aliphatic rings. The molecule has 0 spiro atoms. The average Bonchev–Trinajstić information content (AvgIpc) is 3.13. The summed E-state index contributed by atoms with van der Waals surface area (Å²) in [5, 5.41) is 1.13. The van der Waals surface area contributed by atoms with Gasteiger partial charge in [-0.05, 0) is 18.6 Å². The average molecular weight is 394 g/mol. The lowest BCUT2D eigenvalue weighted by molar-refractivity contribution is -0.151. The molecular formula is C22H22N2O5. The van der Waals surface area contributed by atoms with Crippen molar-refractivity contribution in [2.75, 3.05) is 6.54 Å². The quantitative estimate of drug-likeness (QED) is 0.575. The van der Waals surface area contributed by atoms with Gasteiger partial charge in [0.05, 0.1) is 12.5 Å². The summed E-state index contributed by atoms with van der Waals surface area (Å²) in [7, 11) is 0. The van der Waals surface area contributed by atoms with Crippen molar-refractivity contribution in [2.45, 2.75) is 25.9 Å². The minimum absolute atomic E-state index is 0.00615. The number of amides is 2. The van der Waals surface area contributed by atoms with Gasteiger partial charge in [0.25, 0.3) is 5.91 Å². The van der Waals surface area contributed by atoms with Gasteiger partial charge in [-0.25, -0.2) is 0 Å². The lowest BCUT2D eigenvalue weighted by atomic mass is 10.0. The summed E-state index contributed by atoms with van der Waals surface area (Å²) in [4.78, 5) is 49.5. The van der Waals surface area contributed by atoms with E-state index in [1.807, 2.05) is 0 Å². The fraction of sp³-hybridized carbons (Fsp3) is 0.273. The number of ether oxygens (including phenoxy) is 1. The molecule has 1 aliphatic heterocycles. The van der Waals surface area contributed by atoms with Gasteiger partial charge < -0.3 is 4.74 Å². The first kappa shape index (κ1) is 20.3. The van der Waals surface area contributed by atoms with Gasteiger partial charge in [0.1, 0.15) is 0 Å². The van der Waals surface area contributed by atoms with E-state index in [0.29, 0.717) is 17.5 Å². The minimum Gasteiger partial charge on any atom is -0.454 e. The normalized spacial score (nSPS) is 16.9. The van der Waals surface area contributed by atoms with Crippen LogP contribution in [0.2, 0.25) is 0 Å². The zero-order valence-electron chi connectivity index (χ0n) is 16.0. The summed E-state index contributed by atoms with van der Waals surface area (Å²) < 4.78 is 5.41. The highest BCUT2D eigenvalue weighted by atomic mass is 16.5. The van der Waals surface area contributed by atoms with Crippen molar-refractivity contribution >= 4 is 23.6 Å². The van der Waals surface area contributed by atoms with Gasteiger partial charge in [-0.2, -0.15) is 0 Å². The molecule has 2 aromatic rings. The zero-order valence-corrected chi connectivity index (χ0v) is 16.0. The molecule has 1 saturated heterocycles. The smallest absolute Gasteiger partial charge is 0.312 e. The van der Waals surface area contributed by atoms with Crippen molar-refractivity contribution in [3.8, 4) is 0 Å². The second kappa shape index (κ2) is 9.14. The molecule has 3 rings (SSSR count). The van der Waals surface area contributed by atoms with E-state index in [1.54, 1.807) is 67.6 Å². The largest absolute Gasteiger partial charge is 0.454 e. The molecule has 2 atom stereocenters. The number of hydrogen-bond donors (Lipinski definition) is 1. The highest BCUT2D eigenvalue weighted by Gasteiger charge is 2.38. The van der Waals surface area contributed by atoms with E-state index < -0.39 is 23.9 Å². The maximum Gasteiger partial charge on any atom is 0.312 e. The Bertz CT molecular complexity index is 898. The van der Waals surface area contributed by atoms with Crippen molar-refractivity contribution in [1.82, 2.24) is 10.4 Å². The number of nitrogens with one attached hydrogen (secondary N) is 1. The molecule has 0 aromatic heterocycles. The van der Waals surface area contributed by atoms with Gasteiger partial charge in [-0.1, -0.05) is 55.5 Å². The Hall–Kier alpha value is -3.48. The summed E-state index contributed by atoms with van der Waals surface area (Å²) >= 11 is 0. The first-order valence-electron chi connectivity index (χ1n) is 9.45. The third-order valence-electron chi connectivity index (χ3n) is 4.71. The van der Waals surface area contributed by atoms with Crippen LogP contribution in [0.4, 0.5) is 0 Å². The van der Waals surface area contributed by atoms with Gasteiger partial charge in [-0.3, -0.25) is 29.6 Å². The maximum absolute atomic E-state index is 12.5. The molecule has 1 N–H and O–H groups in total. The van der Waals surface area contributed by atoms with Gasteiger partial charge >= 0.3 is 5.97 Å². The Labute approximate surface area is 168 Å². The molecule has 0 bridgehead atoms. The Kier molecular flexibility index (Phi) is 6.39. The highest BCUT2D eigenvalue weighted by molar-refractivity contribution is 6.01. The van der Waals surface area contributed by atoms with E-state index >= 15 is 0 Å². The predicted molar refractivity (Wildman–Crippen MR) is 105 cm³/mol. The first-order valence-corrected chi connectivity index (χ1v) is 9.45. The van der Waals surface area contributed by atoms with Gasteiger partial charge in [-0.15, -0.1) is 0 Å². The molecule has 0 unspecified atom stereocenters. The van der Waals surface area contributed by atoms with Crippen LogP contribution in [0.15, 0.2) is 60.7 Å². The van der Waals surface area contributed by atoms with E-state index in [4.69, 9.17) is 4.74 Å². The standard InChI is InChI=1S/C22H22N2O5/c1-2-18(20(26)15-9-5-3-6-10-15)29-22(28)17-13-19(25)24(14-17)23-21(27)16-11-7-4-8-12-16/h3-12,17-18H,2,13-14H2,1H3,(H,23,27)/t17-,18+/m0/s1. The number of hydrazine groups is 1. The van der Waals surface area contributed by atoms with Crippen LogP contribution in [0.1, 0.15) is 40.5 Å². The van der Waals surface area contributed by atoms with Crippen LogP contribution in [-0.4, -0.2) is 41.2 Å². The summed E-state index contributed by atoms with van der Waals surface area (Å²) in [5.74, 6) is -2.44. The van der Waals surface area contributed by atoms with Crippen LogP contribution in [0.5, 0.6) is 0 Å². The summed E-state index contributed by atoms with van der Waals surface area (Å²) in [6.45, 7) is 1.76. The Balaban J connectivity index is 1.59. The predicted octanol–water partition coefficient (Wildman–Crippen LogP) is 2.38. The van der Waals surface area contributed by atoms with E-state index in [-0.39, 0.29) is 24.7 Å². The second-order valence-electron chi connectivity index (χ2n) is 6.78. The number of hydrogen-bond acceptors (Lipinski definition) is 5. The summed E-state index contributed by atoms with van der Waals surface area (Å²) in [6, 6.07) is 17.1. The third kappa shape index (κ3) is 4.87. The van der Waals surface area contributed by atoms with E-state index in [9.17, 15) is 19.2 Å². The fourth-order valence-corrected chi connectivity index (χ4v) is 3.10. The number of esters is 1. The Morgan fingerprint density at radius 3 is 2.21 bits per heavy atom. The van der Waals surface area contributed by atoms with Crippen LogP contribution < -0.4 is 5.43 Å². The van der Waals surface area contributed by atoms with Crippen LogP contribution >= 0.6 is 0 Å². The number of Topliss-reactive ketones (excluding diaryl/α,β-unsaturated/α-hetero) is 1. The van der Waals surface area contributed by atoms with Crippen molar-refractivity contribution in [2.24, 2.45) is 5.92 Å². The van der Waals surface area contributed by atoms with Crippen LogP contribution in [0, 0.1) is 5.92 Å². The lowest BCUT2D eigenvalue weighted by Gasteiger charge is -2.19. The van der Waals surface area contributed by atoms with E-state index in [1.165, 1.54) is 0 Å². The Morgan fingerprint density at radius 1 is 1.03 bits per heavy atom. The molecule has 0 radical (unpaired) electrons. The molecule has 1 heterocycles. The minimum atomic E-state index is -0.909. The number of nitrogens with zero attached hydrogens (tertiary/aromatic N) is 1. The van der Waals surface area contributed by atoms with Crippen molar-refractivity contribution < 1.29 is 23.9 Å². The molecule has 2 amide bonds. The van der Waals surface area contributed by atoms with Crippen LogP contribution in [0.25, 0.3) is 0 Å². The van der Waals surface area contributed by atoms with Crippen molar-refractivity contribution in [3.63, 3.8) is 0 Å². The number of rotatable bonds is 7. The molecule has 150 valence electrons. The molecule has 0 saturated carbocycles. The first-order chi connectivity index (χ1) is 14.0. The molecular weight excluding hydrogens is 372 g/mol. The maximum atomic E-state index is 12.5. The zero-order chi connectivity index (χ0) is 20.8. The molecule has 2 aromatic carbocycles. The van der Waals surface area contributed by atoms with E-state index in [0.717, 1.165) is 5.01 Å². The Morgan fingerprint density at radius 2 is 1.62 bits per heavy atom. The monoisotopic (exact) mass is 394 g/mol. The number of benzene rings is 2. The second-order valence-corrected chi connectivity index (χ2v) is 6.78. The van der Waals surface area contributed by atoms with Crippen LogP contribution in [-0.2, 0) is 14.3 Å². The van der Waals surface area contributed by atoms with Gasteiger partial charge in [0, 0.05) is 17.5 Å². The highest BCUT2D eigenvalue weighted by Crippen LogP contribution is 2.20. The topological polar surface area (TPSA) is 92.8 Å². The number of carbonyl (C=O) groups is 4. The number of ketones is 1. The molecule has 0 aliphatic carbocycles. The summed E-state index contributed by atoms with van der Waals surface area (Å²) in [6.07, 6.45) is -0.661. The molecule has 7 heteroatoms. The molecule has 7 nitrogen and oxygen atoms in total.